The molecule has 0 saturated carbocycles. The Morgan fingerprint density at radius 3 is 2.47 bits per heavy atom. The summed E-state index contributed by atoms with van der Waals surface area (Å²) in [6.45, 7) is 2.63. The van der Waals surface area contributed by atoms with Gasteiger partial charge in [-0.05, 0) is 37.5 Å². The summed E-state index contributed by atoms with van der Waals surface area (Å²) < 4.78 is 40.2. The zero-order chi connectivity index (χ0) is 14.0. The van der Waals surface area contributed by atoms with E-state index in [-0.39, 0.29) is 16.3 Å². The van der Waals surface area contributed by atoms with Gasteiger partial charge in [0, 0.05) is 18.7 Å². The Labute approximate surface area is 118 Å². The smallest absolute Gasteiger partial charge is 0.207 e. The topological polar surface area (TPSA) is 37.4 Å². The van der Waals surface area contributed by atoms with Crippen LogP contribution in [0.5, 0.6) is 0 Å². The fraction of sp³-hybridized carbons (Fsp3) is 0.538. The SMILES string of the molecule is Cc1cc(S(=O)(=O)N2CCCCC2)cc(CCl)c1F. The number of sulfonamides is 1. The molecule has 19 heavy (non-hydrogen) atoms. The van der Waals surface area contributed by atoms with Gasteiger partial charge in [-0.3, -0.25) is 0 Å². The van der Waals surface area contributed by atoms with Crippen LogP contribution in [0.15, 0.2) is 17.0 Å². The molecule has 0 atom stereocenters. The summed E-state index contributed by atoms with van der Waals surface area (Å²) in [6, 6.07) is 2.73. The van der Waals surface area contributed by atoms with Crippen molar-refractivity contribution in [1.82, 2.24) is 4.31 Å². The molecule has 2 rings (SSSR count). The highest BCUT2D eigenvalue weighted by molar-refractivity contribution is 7.89. The molecule has 1 saturated heterocycles. The molecule has 1 aromatic rings. The van der Waals surface area contributed by atoms with Crippen molar-refractivity contribution in [2.45, 2.75) is 37.0 Å². The largest absolute Gasteiger partial charge is 0.243 e. The number of aryl methyl sites for hydroxylation is 1. The van der Waals surface area contributed by atoms with Gasteiger partial charge in [0.15, 0.2) is 0 Å². The Morgan fingerprint density at radius 2 is 1.89 bits per heavy atom. The lowest BCUT2D eigenvalue weighted by Gasteiger charge is -2.26. The van der Waals surface area contributed by atoms with Crippen LogP contribution in [-0.2, 0) is 15.9 Å². The fourth-order valence-electron chi connectivity index (χ4n) is 2.31. The van der Waals surface area contributed by atoms with E-state index < -0.39 is 15.8 Å². The average molecular weight is 306 g/mol. The Kier molecular flexibility index (Phi) is 4.48. The lowest BCUT2D eigenvalue weighted by Crippen LogP contribution is -2.35. The molecule has 0 aromatic heterocycles. The van der Waals surface area contributed by atoms with Crippen molar-refractivity contribution in [1.29, 1.82) is 0 Å². The van der Waals surface area contributed by atoms with E-state index in [0.717, 1.165) is 19.3 Å². The van der Waals surface area contributed by atoms with Gasteiger partial charge in [0.1, 0.15) is 5.82 Å². The minimum atomic E-state index is -3.53. The van der Waals surface area contributed by atoms with Crippen molar-refractivity contribution in [3.05, 3.63) is 29.1 Å². The van der Waals surface area contributed by atoms with E-state index in [1.54, 1.807) is 6.92 Å². The third-order valence-electron chi connectivity index (χ3n) is 3.40. The predicted octanol–water partition coefficient (Wildman–Crippen LogP) is 3.05. The van der Waals surface area contributed by atoms with Gasteiger partial charge < -0.3 is 0 Å². The van der Waals surface area contributed by atoms with Gasteiger partial charge in [-0.25, -0.2) is 12.8 Å². The van der Waals surface area contributed by atoms with Crippen LogP contribution in [0.3, 0.4) is 0 Å². The number of rotatable bonds is 3. The highest BCUT2D eigenvalue weighted by Gasteiger charge is 2.27. The Hall–Kier alpha value is -0.650. The van der Waals surface area contributed by atoms with E-state index in [2.05, 4.69) is 0 Å². The molecule has 1 heterocycles. The molecule has 0 spiro atoms. The summed E-state index contributed by atoms with van der Waals surface area (Å²) in [5.41, 5.74) is 0.547. The first-order chi connectivity index (χ1) is 8.96. The van der Waals surface area contributed by atoms with Crippen LogP contribution in [0.25, 0.3) is 0 Å². The normalized spacial score (nSPS) is 17.6. The number of hydrogen-bond donors (Lipinski definition) is 0. The van der Waals surface area contributed by atoms with Crippen LogP contribution in [-0.4, -0.2) is 25.8 Å². The molecule has 0 amide bonds. The van der Waals surface area contributed by atoms with Gasteiger partial charge in [-0.1, -0.05) is 6.42 Å². The minimum Gasteiger partial charge on any atom is -0.207 e. The van der Waals surface area contributed by atoms with Crippen LogP contribution < -0.4 is 0 Å². The summed E-state index contributed by atoms with van der Waals surface area (Å²) in [5, 5.41) is 0. The maximum atomic E-state index is 13.7. The molecule has 1 aliphatic heterocycles. The molecule has 3 nitrogen and oxygen atoms in total. The maximum absolute atomic E-state index is 13.7. The molecule has 1 fully saturated rings. The second kappa shape index (κ2) is 5.77. The second-order valence-electron chi connectivity index (χ2n) is 4.81. The summed E-state index contributed by atoms with van der Waals surface area (Å²) >= 11 is 5.66. The number of halogens is 2. The monoisotopic (exact) mass is 305 g/mol. The highest BCUT2D eigenvalue weighted by atomic mass is 35.5. The minimum absolute atomic E-state index is 0.0317. The lowest BCUT2D eigenvalue weighted by molar-refractivity contribution is 0.346. The Morgan fingerprint density at radius 1 is 1.26 bits per heavy atom. The van der Waals surface area contributed by atoms with Crippen molar-refractivity contribution < 1.29 is 12.8 Å². The van der Waals surface area contributed by atoms with Gasteiger partial charge >= 0.3 is 0 Å². The first-order valence-electron chi connectivity index (χ1n) is 6.32. The van der Waals surface area contributed by atoms with E-state index in [9.17, 15) is 12.8 Å². The van der Waals surface area contributed by atoms with Gasteiger partial charge in [-0.15, -0.1) is 11.6 Å². The number of piperidine rings is 1. The predicted molar refractivity (Wildman–Crippen MR) is 73.3 cm³/mol. The standard InChI is InChI=1S/C13H17ClFNO2S/c1-10-7-12(8-11(9-14)13(10)15)19(17,18)16-5-3-2-4-6-16/h7-8H,2-6,9H2,1H3. The molecule has 6 heteroatoms. The molecule has 0 radical (unpaired) electrons. The molecular formula is C13H17ClFNO2S. The van der Waals surface area contributed by atoms with Gasteiger partial charge in [0.25, 0.3) is 0 Å². The van der Waals surface area contributed by atoms with Crippen LogP contribution >= 0.6 is 11.6 Å². The highest BCUT2D eigenvalue weighted by Crippen LogP contribution is 2.25. The van der Waals surface area contributed by atoms with Crippen LogP contribution in [0, 0.1) is 12.7 Å². The van der Waals surface area contributed by atoms with E-state index in [1.165, 1.54) is 16.4 Å². The average Bonchev–Trinajstić information content (AvgIpc) is 2.42. The number of benzene rings is 1. The van der Waals surface area contributed by atoms with Gasteiger partial charge in [0.05, 0.1) is 10.8 Å². The Bertz CT molecular complexity index is 568. The third kappa shape index (κ3) is 2.93. The van der Waals surface area contributed by atoms with Crippen molar-refractivity contribution in [3.8, 4) is 0 Å². The van der Waals surface area contributed by atoms with Crippen molar-refractivity contribution in [3.63, 3.8) is 0 Å². The summed E-state index contributed by atoms with van der Waals surface area (Å²) in [6.07, 6.45) is 2.81. The van der Waals surface area contributed by atoms with Crippen molar-refractivity contribution in [2.24, 2.45) is 0 Å². The van der Waals surface area contributed by atoms with Gasteiger partial charge in [0.2, 0.25) is 10.0 Å². The summed E-state index contributed by atoms with van der Waals surface area (Å²) in [7, 11) is -3.53. The second-order valence-corrected chi connectivity index (χ2v) is 7.02. The lowest BCUT2D eigenvalue weighted by atomic mass is 10.1. The molecule has 1 aromatic carbocycles. The molecule has 0 aliphatic carbocycles. The summed E-state index contributed by atoms with van der Waals surface area (Å²) in [4.78, 5) is 0.143. The molecule has 0 unspecified atom stereocenters. The quantitative estimate of drug-likeness (QED) is 0.805. The van der Waals surface area contributed by atoms with E-state index in [4.69, 9.17) is 11.6 Å². The van der Waals surface area contributed by atoms with Gasteiger partial charge in [-0.2, -0.15) is 4.31 Å². The molecular weight excluding hydrogens is 289 g/mol. The first kappa shape index (κ1) is 14.8. The van der Waals surface area contributed by atoms with Crippen molar-refractivity contribution >= 4 is 21.6 Å². The van der Waals surface area contributed by atoms with E-state index >= 15 is 0 Å². The molecule has 1 aliphatic rings. The number of nitrogens with zero attached hydrogens (tertiary/aromatic N) is 1. The Balaban J connectivity index is 2.42. The van der Waals surface area contributed by atoms with E-state index in [0.29, 0.717) is 18.7 Å². The van der Waals surface area contributed by atoms with Crippen LogP contribution in [0.2, 0.25) is 0 Å². The maximum Gasteiger partial charge on any atom is 0.243 e. The fourth-order valence-corrected chi connectivity index (χ4v) is 4.16. The molecule has 106 valence electrons. The zero-order valence-corrected chi connectivity index (χ0v) is 12.4. The van der Waals surface area contributed by atoms with Crippen LogP contribution in [0.4, 0.5) is 4.39 Å². The molecule has 0 N–H and O–H groups in total. The zero-order valence-electron chi connectivity index (χ0n) is 10.8. The van der Waals surface area contributed by atoms with Crippen LogP contribution in [0.1, 0.15) is 30.4 Å². The molecule has 0 bridgehead atoms. The summed E-state index contributed by atoms with van der Waals surface area (Å²) in [5.74, 6) is -0.455. The van der Waals surface area contributed by atoms with Crippen molar-refractivity contribution in [2.75, 3.05) is 13.1 Å². The first-order valence-corrected chi connectivity index (χ1v) is 8.29. The third-order valence-corrected chi connectivity index (χ3v) is 5.56. The number of hydrogen-bond acceptors (Lipinski definition) is 2. The number of alkyl halides is 1. The van der Waals surface area contributed by atoms with E-state index in [1.807, 2.05) is 0 Å².